The zero-order valence-electron chi connectivity index (χ0n) is 16.8. The zero-order chi connectivity index (χ0) is 18.8. The summed E-state index contributed by atoms with van der Waals surface area (Å²) in [6, 6.07) is 11.1. The molecule has 0 amide bonds. The molecule has 1 aromatic carbocycles. The lowest BCUT2D eigenvalue weighted by molar-refractivity contribution is 0.170. The van der Waals surface area contributed by atoms with Crippen LogP contribution in [0.4, 0.5) is 5.95 Å². The molecule has 1 fully saturated rings. The third-order valence-corrected chi connectivity index (χ3v) is 4.97. The van der Waals surface area contributed by atoms with Gasteiger partial charge in [0, 0.05) is 28.9 Å². The maximum Gasteiger partial charge on any atom is 0.223 e. The van der Waals surface area contributed by atoms with Crippen LogP contribution >= 0.6 is 0 Å². The van der Waals surface area contributed by atoms with Gasteiger partial charge in [0.05, 0.1) is 5.69 Å². The van der Waals surface area contributed by atoms with Crippen LogP contribution in [0, 0.1) is 0 Å². The van der Waals surface area contributed by atoms with Crippen LogP contribution in [0.15, 0.2) is 36.5 Å². The van der Waals surface area contributed by atoms with Gasteiger partial charge in [0.25, 0.3) is 0 Å². The van der Waals surface area contributed by atoms with E-state index >= 15 is 0 Å². The summed E-state index contributed by atoms with van der Waals surface area (Å²) in [4.78, 5) is 9.22. The van der Waals surface area contributed by atoms with Crippen LogP contribution in [0.3, 0.4) is 0 Å². The fourth-order valence-electron chi connectivity index (χ4n) is 4.33. The topological polar surface area (TPSA) is 49.8 Å². The Morgan fingerprint density at radius 2 is 1.69 bits per heavy atom. The second-order valence-corrected chi connectivity index (χ2v) is 8.85. The molecule has 0 atom stereocenters. The molecule has 0 saturated carbocycles. The molecule has 0 radical (unpaired) electrons. The van der Waals surface area contributed by atoms with Crippen molar-refractivity contribution in [3.8, 4) is 11.3 Å². The molecule has 0 spiro atoms. The Kier molecular flexibility index (Phi) is 5.33. The number of aryl methyl sites for hydroxylation is 1. The maximum absolute atomic E-state index is 4.77. The van der Waals surface area contributed by atoms with Crippen molar-refractivity contribution in [2.75, 3.05) is 5.32 Å². The fraction of sp³-hybridized carbons (Fsp3) is 0.545. The molecule has 1 aliphatic rings. The summed E-state index contributed by atoms with van der Waals surface area (Å²) < 4.78 is 0. The molecule has 0 bridgehead atoms. The van der Waals surface area contributed by atoms with Crippen LogP contribution in [-0.4, -0.2) is 27.1 Å². The molecule has 140 valence electrons. The minimum absolute atomic E-state index is 0.103. The van der Waals surface area contributed by atoms with Crippen molar-refractivity contribution in [1.29, 1.82) is 0 Å². The Balaban J connectivity index is 1.75. The van der Waals surface area contributed by atoms with Gasteiger partial charge in [-0.05, 0) is 58.6 Å². The van der Waals surface area contributed by atoms with Gasteiger partial charge in [0.15, 0.2) is 0 Å². The number of aromatic nitrogens is 2. The van der Waals surface area contributed by atoms with Gasteiger partial charge in [-0.3, -0.25) is 0 Å². The number of hydrogen-bond acceptors (Lipinski definition) is 4. The van der Waals surface area contributed by atoms with Gasteiger partial charge < -0.3 is 10.6 Å². The highest BCUT2D eigenvalue weighted by Gasteiger charge is 2.37. The zero-order valence-corrected chi connectivity index (χ0v) is 16.8. The van der Waals surface area contributed by atoms with Crippen LogP contribution in [0.25, 0.3) is 11.3 Å². The number of nitrogens with one attached hydrogen (secondary N) is 2. The Bertz CT molecular complexity index is 718. The fourth-order valence-corrected chi connectivity index (χ4v) is 4.33. The molecule has 2 aromatic rings. The summed E-state index contributed by atoms with van der Waals surface area (Å²) in [5.74, 6) is 0.721. The third-order valence-electron chi connectivity index (χ3n) is 4.97. The maximum atomic E-state index is 4.77. The summed E-state index contributed by atoms with van der Waals surface area (Å²) >= 11 is 0. The largest absolute Gasteiger partial charge is 0.351 e. The lowest BCUT2D eigenvalue weighted by Gasteiger charge is -2.46. The highest BCUT2D eigenvalue weighted by Crippen LogP contribution is 2.30. The average molecular weight is 353 g/mol. The number of rotatable bonds is 5. The molecular weight excluding hydrogens is 320 g/mol. The number of hydrogen-bond donors (Lipinski definition) is 2. The summed E-state index contributed by atoms with van der Waals surface area (Å²) in [5, 5.41) is 7.29. The molecule has 4 nitrogen and oxygen atoms in total. The van der Waals surface area contributed by atoms with E-state index in [0.29, 0.717) is 6.04 Å². The second kappa shape index (κ2) is 7.36. The molecule has 4 heteroatoms. The summed E-state index contributed by atoms with van der Waals surface area (Å²) in [5.41, 5.74) is 3.69. The molecule has 0 aliphatic carbocycles. The van der Waals surface area contributed by atoms with E-state index in [2.05, 4.69) is 74.5 Å². The monoisotopic (exact) mass is 352 g/mol. The molecule has 26 heavy (non-hydrogen) atoms. The first kappa shape index (κ1) is 18.8. The van der Waals surface area contributed by atoms with Gasteiger partial charge in [-0.25, -0.2) is 9.97 Å². The first-order valence-corrected chi connectivity index (χ1v) is 9.75. The minimum Gasteiger partial charge on any atom is -0.351 e. The highest BCUT2D eigenvalue weighted by molar-refractivity contribution is 5.60. The molecular formula is C22H32N4. The van der Waals surface area contributed by atoms with Crippen molar-refractivity contribution in [3.05, 3.63) is 42.1 Å². The van der Waals surface area contributed by atoms with Crippen molar-refractivity contribution in [2.45, 2.75) is 77.4 Å². The molecule has 1 saturated heterocycles. The predicted octanol–water partition coefficient (Wildman–Crippen LogP) is 4.82. The van der Waals surface area contributed by atoms with E-state index in [-0.39, 0.29) is 11.1 Å². The first-order chi connectivity index (χ1) is 12.3. The summed E-state index contributed by atoms with van der Waals surface area (Å²) in [7, 11) is 0. The normalized spacial score (nSPS) is 19.3. The van der Waals surface area contributed by atoms with Crippen LogP contribution < -0.4 is 10.6 Å². The molecule has 3 rings (SSSR count). The Morgan fingerprint density at radius 3 is 2.31 bits per heavy atom. The van der Waals surface area contributed by atoms with Crippen molar-refractivity contribution in [1.82, 2.24) is 15.3 Å². The Morgan fingerprint density at radius 1 is 1.04 bits per heavy atom. The van der Waals surface area contributed by atoms with Crippen LogP contribution in [0.5, 0.6) is 0 Å². The van der Waals surface area contributed by atoms with Crippen LogP contribution in [0.1, 0.15) is 59.4 Å². The quantitative estimate of drug-likeness (QED) is 0.810. The number of nitrogens with zero attached hydrogens (tertiary/aromatic N) is 2. The van der Waals surface area contributed by atoms with Gasteiger partial charge in [-0.1, -0.05) is 37.6 Å². The van der Waals surface area contributed by atoms with E-state index in [1.807, 2.05) is 12.3 Å². The van der Waals surface area contributed by atoms with Gasteiger partial charge in [-0.15, -0.1) is 0 Å². The molecule has 2 N–H and O–H groups in total. The summed E-state index contributed by atoms with van der Waals surface area (Å²) in [6.07, 6.45) is 6.25. The minimum atomic E-state index is 0.103. The summed E-state index contributed by atoms with van der Waals surface area (Å²) in [6.45, 7) is 11.3. The van der Waals surface area contributed by atoms with Gasteiger partial charge in [-0.2, -0.15) is 0 Å². The highest BCUT2D eigenvalue weighted by atomic mass is 15.1. The lowest BCUT2D eigenvalue weighted by atomic mass is 9.80. The SMILES string of the molecule is CCCc1ccc(-c2ccnc(NC3CC(C)(C)NC(C)(C)C3)n2)cc1. The van der Waals surface area contributed by atoms with E-state index in [4.69, 9.17) is 4.98 Å². The van der Waals surface area contributed by atoms with Crippen molar-refractivity contribution in [3.63, 3.8) is 0 Å². The first-order valence-electron chi connectivity index (χ1n) is 9.75. The Hall–Kier alpha value is -1.94. The average Bonchev–Trinajstić information content (AvgIpc) is 2.53. The standard InChI is InChI=1S/C22H32N4/c1-6-7-16-8-10-17(11-9-16)19-12-13-23-20(25-19)24-18-14-21(2,3)26-22(4,5)15-18/h8-13,18,26H,6-7,14-15H2,1-5H3,(H,23,24,25). The van der Waals surface area contributed by atoms with Gasteiger partial charge in [0.2, 0.25) is 5.95 Å². The number of benzene rings is 1. The van der Waals surface area contributed by atoms with E-state index < -0.39 is 0 Å². The molecule has 0 unspecified atom stereocenters. The third kappa shape index (κ3) is 4.82. The lowest BCUT2D eigenvalue weighted by Crippen LogP contribution is -2.60. The van der Waals surface area contributed by atoms with Crippen molar-refractivity contribution >= 4 is 5.95 Å². The van der Waals surface area contributed by atoms with Crippen LogP contribution in [0.2, 0.25) is 0 Å². The molecule has 1 aliphatic heterocycles. The second-order valence-electron chi connectivity index (χ2n) is 8.85. The van der Waals surface area contributed by atoms with Crippen LogP contribution in [-0.2, 0) is 6.42 Å². The van der Waals surface area contributed by atoms with E-state index in [9.17, 15) is 0 Å². The Labute approximate surface area is 157 Å². The van der Waals surface area contributed by atoms with Gasteiger partial charge in [0.1, 0.15) is 0 Å². The molecule has 1 aromatic heterocycles. The molecule has 2 heterocycles. The van der Waals surface area contributed by atoms with Crippen molar-refractivity contribution in [2.24, 2.45) is 0 Å². The smallest absolute Gasteiger partial charge is 0.223 e. The van der Waals surface area contributed by atoms with E-state index in [1.165, 1.54) is 12.0 Å². The van der Waals surface area contributed by atoms with E-state index in [0.717, 1.165) is 36.5 Å². The number of piperidine rings is 1. The number of anilines is 1. The van der Waals surface area contributed by atoms with Crippen molar-refractivity contribution < 1.29 is 0 Å². The predicted molar refractivity (Wildman–Crippen MR) is 109 cm³/mol. The van der Waals surface area contributed by atoms with E-state index in [1.54, 1.807) is 0 Å². The van der Waals surface area contributed by atoms with Gasteiger partial charge >= 0.3 is 0 Å².